The average Bonchev–Trinajstić information content (AvgIpc) is 2.73. The van der Waals surface area contributed by atoms with E-state index in [-0.39, 0.29) is 11.7 Å². The van der Waals surface area contributed by atoms with Crippen LogP contribution in [0.5, 0.6) is 0 Å². The van der Waals surface area contributed by atoms with Gasteiger partial charge in [-0.05, 0) is 49.2 Å². The van der Waals surface area contributed by atoms with E-state index in [0.29, 0.717) is 16.8 Å². The number of hydrogen-bond donors (Lipinski definition) is 1. The van der Waals surface area contributed by atoms with Crippen LogP contribution in [-0.4, -0.2) is 35.3 Å². The van der Waals surface area contributed by atoms with E-state index in [1.807, 2.05) is 25.2 Å². The Bertz CT molecular complexity index is 973. The molecule has 1 N–H and O–H groups in total. The topological polar surface area (TPSA) is 75.2 Å². The number of Topliss-reactive ketones (excluding diaryl/α,β-unsaturated/α-hetero) is 1. The molecule has 2 heterocycles. The van der Waals surface area contributed by atoms with Gasteiger partial charge in [0.1, 0.15) is 0 Å². The number of anilines is 2. The van der Waals surface area contributed by atoms with Gasteiger partial charge in [-0.25, -0.2) is 0 Å². The van der Waals surface area contributed by atoms with E-state index in [4.69, 9.17) is 0 Å². The van der Waals surface area contributed by atoms with Gasteiger partial charge in [0.25, 0.3) is 5.91 Å². The number of ketones is 1. The molecule has 0 radical (unpaired) electrons. The molecule has 6 heteroatoms. The minimum Gasteiger partial charge on any atom is -0.373 e. The van der Waals surface area contributed by atoms with E-state index in [0.717, 1.165) is 18.7 Å². The van der Waals surface area contributed by atoms with Crippen molar-refractivity contribution in [1.82, 2.24) is 9.97 Å². The number of nitrogens with one attached hydrogen (secondary N) is 1. The molecular weight excluding hydrogens is 352 g/mol. The lowest BCUT2D eigenvalue weighted by atomic mass is 10.1. The SMILES string of the molecule is CC(=O)c1cccc(NC(=O)c2cncc(N(C)CCc3ccncc3)c2)c1. The van der Waals surface area contributed by atoms with Gasteiger partial charge in [0.2, 0.25) is 0 Å². The first-order valence-electron chi connectivity index (χ1n) is 9.00. The molecule has 2 aromatic heterocycles. The third-order valence-electron chi connectivity index (χ3n) is 4.44. The van der Waals surface area contributed by atoms with Gasteiger partial charge in [0.15, 0.2) is 5.78 Å². The van der Waals surface area contributed by atoms with Crippen molar-refractivity contribution < 1.29 is 9.59 Å². The Hall–Kier alpha value is -3.54. The molecule has 28 heavy (non-hydrogen) atoms. The van der Waals surface area contributed by atoms with E-state index < -0.39 is 0 Å². The van der Waals surface area contributed by atoms with Gasteiger partial charge < -0.3 is 10.2 Å². The van der Waals surface area contributed by atoms with Crippen molar-refractivity contribution in [2.24, 2.45) is 0 Å². The molecule has 1 amide bonds. The lowest BCUT2D eigenvalue weighted by Crippen LogP contribution is -2.21. The standard InChI is InChI=1S/C22H22N4O2/c1-16(27)18-4-3-5-20(12-18)25-22(28)19-13-21(15-24-14-19)26(2)11-8-17-6-9-23-10-7-17/h3-7,9-10,12-15H,8,11H2,1-2H3,(H,25,28). The number of nitrogens with zero attached hydrogens (tertiary/aromatic N) is 3. The molecule has 0 saturated heterocycles. The Balaban J connectivity index is 1.67. The summed E-state index contributed by atoms with van der Waals surface area (Å²) in [6.45, 7) is 2.29. The molecule has 0 atom stereocenters. The van der Waals surface area contributed by atoms with Crippen LogP contribution in [0.3, 0.4) is 0 Å². The summed E-state index contributed by atoms with van der Waals surface area (Å²) in [6, 6.07) is 12.7. The van der Waals surface area contributed by atoms with Gasteiger partial charge in [-0.3, -0.25) is 19.6 Å². The second-order valence-electron chi connectivity index (χ2n) is 6.55. The summed E-state index contributed by atoms with van der Waals surface area (Å²) in [5, 5.41) is 2.82. The Kier molecular flexibility index (Phi) is 6.11. The second-order valence-corrected chi connectivity index (χ2v) is 6.55. The van der Waals surface area contributed by atoms with Gasteiger partial charge in [-0.1, -0.05) is 12.1 Å². The number of benzene rings is 1. The number of likely N-dealkylation sites (N-methyl/N-ethyl adjacent to an activating group) is 1. The van der Waals surface area contributed by atoms with E-state index in [9.17, 15) is 9.59 Å². The summed E-state index contributed by atoms with van der Waals surface area (Å²) in [5.41, 5.74) is 3.66. The van der Waals surface area contributed by atoms with E-state index in [1.54, 1.807) is 42.9 Å². The van der Waals surface area contributed by atoms with Crippen LogP contribution in [-0.2, 0) is 6.42 Å². The van der Waals surface area contributed by atoms with Crippen molar-refractivity contribution in [2.75, 3.05) is 23.8 Å². The highest BCUT2D eigenvalue weighted by molar-refractivity contribution is 6.05. The number of hydrogen-bond acceptors (Lipinski definition) is 5. The Morgan fingerprint density at radius 3 is 2.54 bits per heavy atom. The van der Waals surface area contributed by atoms with Crippen molar-refractivity contribution in [3.63, 3.8) is 0 Å². The van der Waals surface area contributed by atoms with E-state index >= 15 is 0 Å². The van der Waals surface area contributed by atoms with Crippen LogP contribution in [0.2, 0.25) is 0 Å². The van der Waals surface area contributed by atoms with Crippen molar-refractivity contribution in [3.05, 3.63) is 83.9 Å². The second kappa shape index (κ2) is 8.90. The maximum Gasteiger partial charge on any atom is 0.257 e. The molecule has 0 aliphatic carbocycles. The molecule has 0 saturated carbocycles. The maximum atomic E-state index is 12.6. The first kappa shape index (κ1) is 19.2. The minimum atomic E-state index is -0.266. The monoisotopic (exact) mass is 374 g/mol. The first-order chi connectivity index (χ1) is 13.5. The molecule has 0 aliphatic rings. The number of carbonyl (C=O) groups is 2. The predicted molar refractivity (Wildman–Crippen MR) is 110 cm³/mol. The fraction of sp³-hybridized carbons (Fsp3) is 0.182. The van der Waals surface area contributed by atoms with Crippen molar-refractivity contribution in [2.45, 2.75) is 13.3 Å². The van der Waals surface area contributed by atoms with Crippen molar-refractivity contribution >= 4 is 23.1 Å². The number of carbonyl (C=O) groups excluding carboxylic acids is 2. The summed E-state index contributed by atoms with van der Waals surface area (Å²) in [5.74, 6) is -0.312. The summed E-state index contributed by atoms with van der Waals surface area (Å²) in [6.07, 6.45) is 7.70. The normalized spacial score (nSPS) is 10.4. The van der Waals surface area contributed by atoms with Gasteiger partial charge in [-0.2, -0.15) is 0 Å². The number of pyridine rings is 2. The van der Waals surface area contributed by atoms with Gasteiger partial charge in [-0.15, -0.1) is 0 Å². The van der Waals surface area contributed by atoms with Crippen LogP contribution < -0.4 is 10.2 Å². The molecule has 6 nitrogen and oxygen atoms in total. The molecule has 0 unspecified atom stereocenters. The summed E-state index contributed by atoms with van der Waals surface area (Å²) < 4.78 is 0. The molecule has 0 aliphatic heterocycles. The maximum absolute atomic E-state index is 12.6. The zero-order valence-electron chi connectivity index (χ0n) is 15.9. The molecule has 1 aromatic carbocycles. The molecule has 0 spiro atoms. The van der Waals surface area contributed by atoms with Crippen LogP contribution in [0.1, 0.15) is 33.2 Å². The predicted octanol–water partition coefficient (Wildman–Crippen LogP) is 3.61. The van der Waals surface area contributed by atoms with Crippen molar-refractivity contribution in [3.8, 4) is 0 Å². The van der Waals surface area contributed by atoms with Gasteiger partial charge >= 0.3 is 0 Å². The third-order valence-corrected chi connectivity index (χ3v) is 4.44. The summed E-state index contributed by atoms with van der Waals surface area (Å²) >= 11 is 0. The Morgan fingerprint density at radius 1 is 1.00 bits per heavy atom. The molecular formula is C22H22N4O2. The summed E-state index contributed by atoms with van der Waals surface area (Å²) in [7, 11) is 1.97. The number of aromatic nitrogens is 2. The highest BCUT2D eigenvalue weighted by atomic mass is 16.1. The number of rotatable bonds is 7. The van der Waals surface area contributed by atoms with Crippen LogP contribution in [0.25, 0.3) is 0 Å². The summed E-state index contributed by atoms with van der Waals surface area (Å²) in [4.78, 5) is 34.4. The zero-order chi connectivity index (χ0) is 19.9. The molecule has 142 valence electrons. The van der Waals surface area contributed by atoms with Crippen LogP contribution in [0.4, 0.5) is 11.4 Å². The molecule has 3 aromatic rings. The van der Waals surface area contributed by atoms with Crippen LogP contribution in [0.15, 0.2) is 67.3 Å². The Labute approximate surface area is 164 Å². The van der Waals surface area contributed by atoms with Gasteiger partial charge in [0.05, 0.1) is 17.4 Å². The van der Waals surface area contributed by atoms with Crippen LogP contribution in [0, 0.1) is 0 Å². The lowest BCUT2D eigenvalue weighted by molar-refractivity contribution is 0.101. The van der Waals surface area contributed by atoms with E-state index in [2.05, 4.69) is 20.2 Å². The zero-order valence-corrected chi connectivity index (χ0v) is 15.9. The molecule has 0 fully saturated rings. The van der Waals surface area contributed by atoms with E-state index in [1.165, 1.54) is 18.7 Å². The minimum absolute atomic E-state index is 0.0458. The highest BCUT2D eigenvalue weighted by Crippen LogP contribution is 2.16. The van der Waals surface area contributed by atoms with Crippen molar-refractivity contribution in [1.29, 1.82) is 0 Å². The fourth-order valence-electron chi connectivity index (χ4n) is 2.76. The van der Waals surface area contributed by atoms with Gasteiger partial charge in [0, 0.05) is 43.4 Å². The molecule has 0 bridgehead atoms. The largest absolute Gasteiger partial charge is 0.373 e. The smallest absolute Gasteiger partial charge is 0.257 e. The average molecular weight is 374 g/mol. The quantitative estimate of drug-likeness (QED) is 0.640. The third kappa shape index (κ3) is 5.01. The highest BCUT2D eigenvalue weighted by Gasteiger charge is 2.11. The Morgan fingerprint density at radius 2 is 1.79 bits per heavy atom. The first-order valence-corrected chi connectivity index (χ1v) is 9.00. The fourth-order valence-corrected chi connectivity index (χ4v) is 2.76. The lowest BCUT2D eigenvalue weighted by Gasteiger charge is -2.19. The van der Waals surface area contributed by atoms with Crippen LogP contribution >= 0.6 is 0 Å². The molecule has 3 rings (SSSR count). The number of amides is 1.